The molecule has 4 nitrogen and oxygen atoms in total. The number of hydrogen-bond acceptors (Lipinski definition) is 4. The maximum Gasteiger partial charge on any atom is 0.349 e. The van der Waals surface area contributed by atoms with Gasteiger partial charge in [0.1, 0.15) is 11.3 Å². The van der Waals surface area contributed by atoms with Crippen molar-refractivity contribution in [3.63, 3.8) is 0 Å². The fourth-order valence-electron chi connectivity index (χ4n) is 2.06. The van der Waals surface area contributed by atoms with E-state index in [1.807, 2.05) is 19.1 Å². The number of nitrogens with zero attached hydrogens (tertiary/aromatic N) is 1. The zero-order chi connectivity index (χ0) is 15.6. The minimum atomic E-state index is -1.07. The molecule has 0 aliphatic carbocycles. The van der Waals surface area contributed by atoms with Gasteiger partial charge in [-0.05, 0) is 51.5 Å². The molecule has 0 spiro atoms. The number of pyridine rings is 1. The molecule has 2 rings (SSSR count). The Kier molecular flexibility index (Phi) is 4.52. The summed E-state index contributed by atoms with van der Waals surface area (Å²) in [5.74, 6) is 0.170. The number of aromatic nitrogens is 1. The van der Waals surface area contributed by atoms with Crippen molar-refractivity contribution in [1.29, 1.82) is 0 Å². The molecular formula is C16H18BrNO3. The highest BCUT2D eigenvalue weighted by molar-refractivity contribution is 9.10. The maximum atomic E-state index is 12.0. The zero-order valence-electron chi connectivity index (χ0n) is 12.6. The highest BCUT2D eigenvalue weighted by Gasteiger charge is 2.32. The molecule has 0 aliphatic heterocycles. The van der Waals surface area contributed by atoms with Crippen molar-refractivity contribution in [3.8, 4) is 5.75 Å². The van der Waals surface area contributed by atoms with Gasteiger partial charge < -0.3 is 9.47 Å². The second-order valence-corrected chi connectivity index (χ2v) is 6.08. The van der Waals surface area contributed by atoms with Gasteiger partial charge in [0.25, 0.3) is 0 Å². The monoisotopic (exact) mass is 351 g/mol. The van der Waals surface area contributed by atoms with Crippen LogP contribution in [-0.4, -0.2) is 23.2 Å². The van der Waals surface area contributed by atoms with E-state index >= 15 is 0 Å². The Hall–Kier alpha value is -1.62. The Morgan fingerprint density at radius 1 is 1.33 bits per heavy atom. The average Bonchev–Trinajstić information content (AvgIpc) is 2.42. The van der Waals surface area contributed by atoms with Gasteiger partial charge in [0, 0.05) is 16.1 Å². The molecule has 112 valence electrons. The van der Waals surface area contributed by atoms with E-state index in [2.05, 4.69) is 20.9 Å². The van der Waals surface area contributed by atoms with E-state index in [-0.39, 0.29) is 0 Å². The van der Waals surface area contributed by atoms with Gasteiger partial charge in [-0.3, -0.25) is 4.98 Å². The molecule has 0 fully saturated rings. The lowest BCUT2D eigenvalue weighted by Crippen LogP contribution is -2.39. The fraction of sp³-hybridized carbons (Fsp3) is 0.375. The SMILES string of the molecule is CCOC(=O)C(C)(C)Oc1ccc(Br)c2c(C)ccnc12. The Morgan fingerprint density at radius 2 is 2.05 bits per heavy atom. The van der Waals surface area contributed by atoms with Crippen LogP contribution in [0.5, 0.6) is 5.75 Å². The van der Waals surface area contributed by atoms with E-state index < -0.39 is 11.6 Å². The van der Waals surface area contributed by atoms with Crippen LogP contribution in [-0.2, 0) is 9.53 Å². The van der Waals surface area contributed by atoms with Crippen molar-refractivity contribution in [1.82, 2.24) is 4.98 Å². The van der Waals surface area contributed by atoms with Crippen molar-refractivity contribution in [2.24, 2.45) is 0 Å². The van der Waals surface area contributed by atoms with E-state index in [4.69, 9.17) is 9.47 Å². The number of rotatable bonds is 4. The molecule has 0 unspecified atom stereocenters. The molecule has 21 heavy (non-hydrogen) atoms. The topological polar surface area (TPSA) is 48.4 Å². The van der Waals surface area contributed by atoms with Crippen molar-refractivity contribution in [2.75, 3.05) is 6.61 Å². The first-order chi connectivity index (χ1) is 9.86. The molecule has 0 amide bonds. The standard InChI is InChI=1S/C16H18BrNO3/c1-5-20-15(19)16(3,4)21-12-7-6-11(17)13-10(2)8-9-18-14(12)13/h6-9H,5H2,1-4H3. The summed E-state index contributed by atoms with van der Waals surface area (Å²) in [4.78, 5) is 16.3. The third-order valence-electron chi connectivity index (χ3n) is 3.14. The molecule has 0 saturated carbocycles. The molecule has 0 bridgehead atoms. The van der Waals surface area contributed by atoms with Crippen LogP contribution in [0, 0.1) is 6.92 Å². The van der Waals surface area contributed by atoms with Crippen LogP contribution in [0.15, 0.2) is 28.9 Å². The number of aryl methyl sites for hydroxylation is 1. The zero-order valence-corrected chi connectivity index (χ0v) is 14.2. The lowest BCUT2D eigenvalue weighted by Gasteiger charge is -2.24. The second-order valence-electron chi connectivity index (χ2n) is 5.23. The van der Waals surface area contributed by atoms with Crippen molar-refractivity contribution in [3.05, 3.63) is 34.4 Å². The quantitative estimate of drug-likeness (QED) is 0.780. The van der Waals surface area contributed by atoms with Gasteiger partial charge in [-0.1, -0.05) is 15.9 Å². The normalized spacial score (nSPS) is 11.5. The highest BCUT2D eigenvalue weighted by atomic mass is 79.9. The average molecular weight is 352 g/mol. The number of esters is 1. The van der Waals surface area contributed by atoms with E-state index in [9.17, 15) is 4.79 Å². The van der Waals surface area contributed by atoms with E-state index in [1.54, 1.807) is 33.0 Å². The van der Waals surface area contributed by atoms with Gasteiger partial charge in [0.15, 0.2) is 5.60 Å². The van der Waals surface area contributed by atoms with Gasteiger partial charge in [-0.15, -0.1) is 0 Å². The minimum absolute atomic E-state index is 0.323. The third kappa shape index (κ3) is 3.18. The summed E-state index contributed by atoms with van der Waals surface area (Å²) < 4.78 is 11.9. The van der Waals surface area contributed by atoms with Crippen molar-refractivity contribution >= 4 is 32.8 Å². The van der Waals surface area contributed by atoms with Gasteiger partial charge in [-0.2, -0.15) is 0 Å². The van der Waals surface area contributed by atoms with Gasteiger partial charge >= 0.3 is 5.97 Å². The molecule has 2 aromatic rings. The van der Waals surface area contributed by atoms with Crippen LogP contribution in [0.3, 0.4) is 0 Å². The second kappa shape index (κ2) is 6.02. The number of halogens is 1. The fourth-order valence-corrected chi connectivity index (χ4v) is 2.69. The number of benzene rings is 1. The Bertz CT molecular complexity index is 674. The smallest absolute Gasteiger partial charge is 0.349 e. The molecule has 0 atom stereocenters. The van der Waals surface area contributed by atoms with Gasteiger partial charge in [0.2, 0.25) is 0 Å². The summed E-state index contributed by atoms with van der Waals surface area (Å²) in [5.41, 5.74) is 0.746. The Labute approximate surface area is 132 Å². The van der Waals surface area contributed by atoms with Crippen LogP contribution >= 0.6 is 15.9 Å². The number of fused-ring (bicyclic) bond motifs is 1. The molecule has 5 heteroatoms. The first-order valence-corrected chi connectivity index (χ1v) is 7.56. The Morgan fingerprint density at radius 3 is 2.71 bits per heavy atom. The number of carbonyl (C=O) groups excluding carboxylic acids is 1. The summed E-state index contributed by atoms with van der Waals surface area (Å²) >= 11 is 3.53. The molecule has 1 aromatic heterocycles. The summed E-state index contributed by atoms with van der Waals surface area (Å²) in [6.07, 6.45) is 1.73. The molecule has 0 saturated heterocycles. The highest BCUT2D eigenvalue weighted by Crippen LogP contribution is 2.34. The summed E-state index contributed by atoms with van der Waals surface area (Å²) in [6, 6.07) is 5.64. The maximum absolute atomic E-state index is 12.0. The first-order valence-electron chi connectivity index (χ1n) is 6.77. The van der Waals surface area contributed by atoms with E-state index in [1.165, 1.54) is 0 Å². The number of carbonyl (C=O) groups is 1. The summed E-state index contributed by atoms with van der Waals surface area (Å²) in [5, 5.41) is 0.981. The molecule has 1 aromatic carbocycles. The predicted molar refractivity (Wildman–Crippen MR) is 85.5 cm³/mol. The van der Waals surface area contributed by atoms with Crippen LogP contribution < -0.4 is 4.74 Å². The molecular weight excluding hydrogens is 334 g/mol. The summed E-state index contributed by atoms with van der Waals surface area (Å²) in [7, 11) is 0. The Balaban J connectivity index is 2.46. The van der Waals surface area contributed by atoms with E-state index in [0.717, 1.165) is 20.9 Å². The van der Waals surface area contributed by atoms with Gasteiger partial charge in [0.05, 0.1) is 6.61 Å². The molecule has 1 heterocycles. The van der Waals surface area contributed by atoms with Crippen LogP contribution in [0.2, 0.25) is 0 Å². The first kappa shape index (κ1) is 15.8. The lowest BCUT2D eigenvalue weighted by atomic mass is 10.1. The summed E-state index contributed by atoms with van der Waals surface area (Å²) in [6.45, 7) is 7.48. The largest absolute Gasteiger partial charge is 0.474 e. The third-order valence-corrected chi connectivity index (χ3v) is 3.81. The number of ether oxygens (including phenoxy) is 2. The number of hydrogen-bond donors (Lipinski definition) is 0. The minimum Gasteiger partial charge on any atom is -0.474 e. The molecule has 0 aliphatic rings. The van der Waals surface area contributed by atoms with Crippen LogP contribution in [0.1, 0.15) is 26.3 Å². The van der Waals surface area contributed by atoms with Crippen LogP contribution in [0.25, 0.3) is 10.9 Å². The van der Waals surface area contributed by atoms with E-state index in [0.29, 0.717) is 12.4 Å². The van der Waals surface area contributed by atoms with Crippen LogP contribution in [0.4, 0.5) is 0 Å². The predicted octanol–water partition coefficient (Wildman–Crippen LogP) is 4.03. The molecule has 0 N–H and O–H groups in total. The van der Waals surface area contributed by atoms with Crippen molar-refractivity contribution in [2.45, 2.75) is 33.3 Å². The van der Waals surface area contributed by atoms with Gasteiger partial charge in [-0.25, -0.2) is 4.79 Å². The lowest BCUT2D eigenvalue weighted by molar-refractivity contribution is -0.158. The van der Waals surface area contributed by atoms with Crippen molar-refractivity contribution < 1.29 is 14.3 Å². The molecule has 0 radical (unpaired) electrons.